The first-order valence-electron chi connectivity index (χ1n) is 3.52. The summed E-state index contributed by atoms with van der Waals surface area (Å²) in [6.07, 6.45) is 2.45. The topological polar surface area (TPSA) is 37.4 Å². The monoisotopic (exact) mass is 388 g/mol. The maximum Gasteiger partial charge on any atom is 0.146 e. The largest absolute Gasteiger partial charge is 0.383 e. The molecule has 0 aromatic rings. The maximum absolute atomic E-state index is 11.2. The number of amides is 2. The van der Waals surface area contributed by atoms with Crippen molar-refractivity contribution in [3.05, 3.63) is 11.6 Å². The predicted molar refractivity (Wildman–Crippen MR) is 39.4 cm³/mol. The van der Waals surface area contributed by atoms with Gasteiger partial charge in [-0.25, -0.2) is 0 Å². The van der Waals surface area contributed by atoms with Gasteiger partial charge in [0.05, 0.1) is 5.91 Å². The van der Waals surface area contributed by atoms with Crippen LogP contribution in [0.4, 0.5) is 0 Å². The molecule has 0 bridgehead atoms. The van der Waals surface area contributed by atoms with Crippen molar-refractivity contribution in [3.63, 3.8) is 0 Å². The van der Waals surface area contributed by atoms with Crippen LogP contribution in [-0.2, 0) is 9.59 Å². The Hall–Kier alpha value is -0.107. The van der Waals surface area contributed by atoms with E-state index < -0.39 is 0 Å². The summed E-state index contributed by atoms with van der Waals surface area (Å²) in [5.74, 6) is -0.535. The normalized spacial score (nSPS) is 16.7. The molecular formula is C8H10NNpO2-. The standard InChI is InChI=1S/C8H10NO2.Np/c1-5(2)9-7(10)4-6(3)8(9)11;/h5H,1-3H3;/q-1;. The fourth-order valence-corrected chi connectivity index (χ4v) is 1.02. The summed E-state index contributed by atoms with van der Waals surface area (Å²) in [5.41, 5.74) is 0.406. The number of hydrogen-bond donors (Lipinski definition) is 0. The van der Waals surface area contributed by atoms with Gasteiger partial charge >= 0.3 is 0 Å². The minimum atomic E-state index is -0.317. The average Bonchev–Trinajstić information content (AvgIpc) is 2.07. The van der Waals surface area contributed by atoms with Crippen LogP contribution in [0.3, 0.4) is 0 Å². The van der Waals surface area contributed by atoms with Gasteiger partial charge in [0.25, 0.3) is 0 Å². The number of nitrogens with zero attached hydrogens (tertiary/aromatic N) is 1. The van der Waals surface area contributed by atoms with E-state index in [9.17, 15) is 9.59 Å². The average molecular weight is 389 g/mol. The van der Waals surface area contributed by atoms with Gasteiger partial charge in [-0.2, -0.15) is 11.6 Å². The van der Waals surface area contributed by atoms with E-state index in [1.807, 2.05) is 0 Å². The van der Waals surface area contributed by atoms with Crippen LogP contribution in [0.15, 0.2) is 5.57 Å². The van der Waals surface area contributed by atoms with Crippen molar-refractivity contribution in [1.29, 1.82) is 0 Å². The molecule has 2 amide bonds. The second-order valence-corrected chi connectivity index (χ2v) is 2.82. The van der Waals surface area contributed by atoms with Gasteiger partial charge in [0.2, 0.25) is 0 Å². The van der Waals surface area contributed by atoms with E-state index in [1.54, 1.807) is 20.8 Å². The SMILES string of the molecule is CC1=[C-]C(=O)N(C(C)C)C1=O.[Np]. The van der Waals surface area contributed by atoms with Gasteiger partial charge in [-0.3, -0.25) is 4.79 Å². The van der Waals surface area contributed by atoms with Gasteiger partial charge in [-0.05, 0) is 13.8 Å². The van der Waals surface area contributed by atoms with Crippen LogP contribution in [0.2, 0.25) is 0 Å². The van der Waals surface area contributed by atoms with Crippen molar-refractivity contribution in [3.8, 4) is 0 Å². The molecule has 4 heteroatoms. The van der Waals surface area contributed by atoms with Crippen molar-refractivity contribution >= 4 is 11.8 Å². The molecule has 3 nitrogen and oxygen atoms in total. The molecule has 65 valence electrons. The molecule has 1 heterocycles. The van der Waals surface area contributed by atoms with Crippen molar-refractivity contribution < 1.29 is 39.5 Å². The Morgan fingerprint density at radius 2 is 1.83 bits per heavy atom. The van der Waals surface area contributed by atoms with Gasteiger partial charge in [-0.1, -0.05) is 6.92 Å². The van der Waals surface area contributed by atoms with E-state index in [-0.39, 0.29) is 47.8 Å². The van der Waals surface area contributed by atoms with Crippen LogP contribution in [0.1, 0.15) is 20.8 Å². The van der Waals surface area contributed by atoms with E-state index >= 15 is 0 Å². The van der Waals surface area contributed by atoms with Crippen LogP contribution in [0, 0.1) is 36.0 Å². The number of carbonyl (C=O) groups excluding carboxylic acids is 2. The van der Waals surface area contributed by atoms with E-state index in [2.05, 4.69) is 6.08 Å². The molecule has 1 aliphatic rings. The second-order valence-electron chi connectivity index (χ2n) is 2.82. The Kier molecular flexibility index (Phi) is 4.18. The third-order valence-electron chi connectivity index (χ3n) is 1.57. The summed E-state index contributed by atoms with van der Waals surface area (Å²) >= 11 is 0. The fourth-order valence-electron chi connectivity index (χ4n) is 1.02. The van der Waals surface area contributed by atoms with E-state index in [0.29, 0.717) is 5.57 Å². The first-order chi connectivity index (χ1) is 5.04. The number of hydrogen-bond acceptors (Lipinski definition) is 2. The van der Waals surface area contributed by atoms with Crippen molar-refractivity contribution in [2.24, 2.45) is 0 Å². The van der Waals surface area contributed by atoms with E-state index in [1.165, 1.54) is 4.90 Å². The van der Waals surface area contributed by atoms with Gasteiger partial charge in [0, 0.05) is 36.0 Å². The summed E-state index contributed by atoms with van der Waals surface area (Å²) in [5, 5.41) is 0. The molecular weight excluding hydrogens is 379 g/mol. The third kappa shape index (κ3) is 1.98. The van der Waals surface area contributed by atoms with Gasteiger partial charge in [-0.15, -0.1) is 0 Å². The van der Waals surface area contributed by atoms with Crippen LogP contribution in [0.25, 0.3) is 0 Å². The molecule has 0 saturated carbocycles. The minimum Gasteiger partial charge on any atom is -0.383 e. The molecule has 1 radical (unpaired) electrons. The maximum atomic E-state index is 11.2. The Morgan fingerprint density at radius 1 is 1.33 bits per heavy atom. The molecule has 1 aliphatic heterocycles. The number of carbonyl (C=O) groups is 2. The molecule has 1 rings (SSSR count). The molecule has 0 fully saturated rings. The zero-order valence-electron chi connectivity index (χ0n) is 7.29. The first-order valence-corrected chi connectivity index (χ1v) is 3.52. The van der Waals surface area contributed by atoms with Crippen LogP contribution >= 0.6 is 0 Å². The molecule has 0 saturated heterocycles. The summed E-state index contributed by atoms with van der Waals surface area (Å²) in [7, 11) is 0. The number of imide groups is 1. The van der Waals surface area contributed by atoms with Gasteiger partial charge < -0.3 is 9.69 Å². The summed E-state index contributed by atoms with van der Waals surface area (Å²) in [6, 6.07) is -0.0695. The molecule has 0 N–H and O–H groups in total. The molecule has 0 aromatic heterocycles. The first kappa shape index (κ1) is 11.9. The Bertz CT molecular complexity index is 245. The second kappa shape index (κ2) is 4.22. The van der Waals surface area contributed by atoms with E-state index in [4.69, 9.17) is 0 Å². The Labute approximate surface area is 94.5 Å². The van der Waals surface area contributed by atoms with Crippen LogP contribution in [-0.4, -0.2) is 22.8 Å². The zero-order chi connectivity index (χ0) is 8.59. The van der Waals surface area contributed by atoms with Crippen molar-refractivity contribution in [2.45, 2.75) is 26.8 Å². The molecule has 0 aromatic carbocycles. The summed E-state index contributed by atoms with van der Waals surface area (Å²) < 4.78 is 0. The molecule has 0 spiro atoms. The number of rotatable bonds is 1. The minimum absolute atomic E-state index is 0. The molecule has 0 unspecified atom stereocenters. The quantitative estimate of drug-likeness (QED) is 0.485. The zero-order valence-corrected chi connectivity index (χ0v) is 11.0. The van der Waals surface area contributed by atoms with Crippen LogP contribution < -0.4 is 0 Å². The van der Waals surface area contributed by atoms with Crippen molar-refractivity contribution in [1.82, 2.24) is 4.90 Å². The van der Waals surface area contributed by atoms with E-state index in [0.717, 1.165) is 0 Å². The Morgan fingerprint density at radius 3 is 2.00 bits per heavy atom. The fraction of sp³-hybridized carbons (Fsp3) is 0.500. The van der Waals surface area contributed by atoms with Crippen molar-refractivity contribution in [2.75, 3.05) is 0 Å². The smallest absolute Gasteiger partial charge is 0.146 e. The predicted octanol–water partition coefficient (Wildman–Crippen LogP) is 0.513. The van der Waals surface area contributed by atoms with Gasteiger partial charge in [0.15, 0.2) is 0 Å². The summed E-state index contributed by atoms with van der Waals surface area (Å²) in [6.45, 7) is 5.20. The Balaban J connectivity index is 0.00000121. The summed E-state index contributed by atoms with van der Waals surface area (Å²) in [4.78, 5) is 23.4. The molecule has 0 atom stereocenters. The molecule has 0 aliphatic carbocycles. The molecule has 12 heavy (non-hydrogen) atoms. The third-order valence-corrected chi connectivity index (χ3v) is 1.57. The van der Waals surface area contributed by atoms with Crippen LogP contribution in [0.5, 0.6) is 0 Å². The van der Waals surface area contributed by atoms with Gasteiger partial charge in [0.1, 0.15) is 5.91 Å².